The maximum Gasteiger partial charge on any atom is 0.253 e. The zero-order chi connectivity index (χ0) is 15.5. The molecule has 3 nitrogen and oxygen atoms in total. The van der Waals surface area contributed by atoms with Crippen LogP contribution in [0.2, 0.25) is 0 Å². The van der Waals surface area contributed by atoms with Gasteiger partial charge in [-0.3, -0.25) is 4.79 Å². The molecule has 0 bridgehead atoms. The van der Waals surface area contributed by atoms with E-state index in [2.05, 4.69) is 25.2 Å². The number of nitrogens with one attached hydrogen (secondary N) is 1. The first-order valence-corrected chi connectivity index (χ1v) is 7.94. The van der Waals surface area contributed by atoms with E-state index in [1.54, 1.807) is 19.0 Å². The molecule has 1 aliphatic rings. The Labute approximate surface area is 128 Å². The molecule has 1 aromatic rings. The summed E-state index contributed by atoms with van der Waals surface area (Å²) in [5, 5.41) is 3.70. The highest BCUT2D eigenvalue weighted by atomic mass is 16.2. The number of nitrogens with zero attached hydrogens (tertiary/aromatic N) is 1. The van der Waals surface area contributed by atoms with Crippen LogP contribution in [-0.4, -0.2) is 37.5 Å². The van der Waals surface area contributed by atoms with Crippen LogP contribution in [0.15, 0.2) is 24.3 Å². The van der Waals surface area contributed by atoms with Gasteiger partial charge < -0.3 is 10.2 Å². The summed E-state index contributed by atoms with van der Waals surface area (Å²) in [4.78, 5) is 13.6. The number of hydrogen-bond donors (Lipinski definition) is 1. The zero-order valence-corrected chi connectivity index (χ0v) is 13.8. The maximum absolute atomic E-state index is 12.0. The predicted octanol–water partition coefficient (Wildman–Crippen LogP) is 3.10. The lowest BCUT2D eigenvalue weighted by molar-refractivity contribution is 0.0827. The fourth-order valence-corrected chi connectivity index (χ4v) is 3.21. The average Bonchev–Trinajstić information content (AvgIpc) is 2.77. The summed E-state index contributed by atoms with van der Waals surface area (Å²) in [5.41, 5.74) is 2.42. The average molecular weight is 288 g/mol. The van der Waals surface area contributed by atoms with Crippen molar-refractivity contribution in [2.45, 2.75) is 45.6 Å². The molecule has 1 unspecified atom stereocenters. The van der Waals surface area contributed by atoms with Crippen molar-refractivity contribution in [1.82, 2.24) is 10.2 Å². The van der Waals surface area contributed by atoms with Crippen molar-refractivity contribution in [1.29, 1.82) is 0 Å². The number of carbonyl (C=O) groups is 1. The highest BCUT2D eigenvalue weighted by Gasteiger charge is 2.33. The van der Waals surface area contributed by atoms with E-state index in [1.165, 1.54) is 24.8 Å². The Morgan fingerprint density at radius 2 is 2.14 bits per heavy atom. The molecular weight excluding hydrogens is 260 g/mol. The summed E-state index contributed by atoms with van der Waals surface area (Å²) < 4.78 is 0. The van der Waals surface area contributed by atoms with Crippen molar-refractivity contribution in [3.05, 3.63) is 35.4 Å². The van der Waals surface area contributed by atoms with Gasteiger partial charge in [-0.05, 0) is 48.9 Å². The molecule has 1 aromatic carbocycles. The molecule has 0 aromatic heterocycles. The van der Waals surface area contributed by atoms with Crippen LogP contribution in [0, 0.1) is 5.41 Å². The second-order valence-electron chi connectivity index (χ2n) is 7.04. The first-order valence-electron chi connectivity index (χ1n) is 7.94. The fourth-order valence-electron chi connectivity index (χ4n) is 3.21. The van der Waals surface area contributed by atoms with Crippen molar-refractivity contribution < 1.29 is 4.79 Å². The Morgan fingerprint density at radius 1 is 1.38 bits per heavy atom. The molecule has 0 radical (unpaired) electrons. The predicted molar refractivity (Wildman–Crippen MR) is 87.6 cm³/mol. The largest absolute Gasteiger partial charge is 0.345 e. The van der Waals surface area contributed by atoms with Gasteiger partial charge in [-0.25, -0.2) is 0 Å². The van der Waals surface area contributed by atoms with Gasteiger partial charge in [0.15, 0.2) is 0 Å². The van der Waals surface area contributed by atoms with Crippen molar-refractivity contribution >= 4 is 5.91 Å². The summed E-state index contributed by atoms with van der Waals surface area (Å²) in [5.74, 6) is 0.0711. The van der Waals surface area contributed by atoms with Crippen LogP contribution >= 0.6 is 0 Å². The number of hydrogen-bond acceptors (Lipinski definition) is 2. The van der Waals surface area contributed by atoms with Gasteiger partial charge in [-0.15, -0.1) is 0 Å². The molecule has 21 heavy (non-hydrogen) atoms. The normalized spacial score (nSPS) is 20.5. The van der Waals surface area contributed by atoms with Gasteiger partial charge in [0, 0.05) is 25.7 Å². The van der Waals surface area contributed by atoms with Gasteiger partial charge in [-0.2, -0.15) is 0 Å². The first kappa shape index (κ1) is 16.0. The highest BCUT2D eigenvalue weighted by Crippen LogP contribution is 2.37. The molecule has 0 spiro atoms. The lowest BCUT2D eigenvalue weighted by Gasteiger charge is -2.28. The van der Waals surface area contributed by atoms with Crippen molar-refractivity contribution in [2.24, 2.45) is 5.41 Å². The van der Waals surface area contributed by atoms with Crippen LogP contribution in [0.1, 0.15) is 49.0 Å². The first-order chi connectivity index (χ1) is 9.90. The minimum Gasteiger partial charge on any atom is -0.345 e. The molecule has 0 saturated heterocycles. The standard InChI is InChI=1S/C18H28N2O/c1-18(2)11-6-9-16(18)19-12-10-14-7-5-8-15(13-14)17(21)20(3)4/h5,7-8,13,16,19H,6,9-12H2,1-4H3. The monoisotopic (exact) mass is 288 g/mol. The van der Waals surface area contributed by atoms with E-state index in [9.17, 15) is 4.79 Å². The van der Waals surface area contributed by atoms with Gasteiger partial charge in [-0.1, -0.05) is 32.4 Å². The van der Waals surface area contributed by atoms with E-state index in [-0.39, 0.29) is 5.91 Å². The molecule has 1 N–H and O–H groups in total. The SMILES string of the molecule is CN(C)C(=O)c1cccc(CCNC2CCCC2(C)C)c1. The lowest BCUT2D eigenvalue weighted by atomic mass is 9.87. The third kappa shape index (κ3) is 4.07. The van der Waals surface area contributed by atoms with Gasteiger partial charge >= 0.3 is 0 Å². The van der Waals surface area contributed by atoms with E-state index in [0.717, 1.165) is 18.5 Å². The molecule has 1 atom stereocenters. The minimum atomic E-state index is 0.0711. The molecule has 1 saturated carbocycles. The molecule has 116 valence electrons. The molecule has 1 aliphatic carbocycles. The second-order valence-corrected chi connectivity index (χ2v) is 7.04. The summed E-state index contributed by atoms with van der Waals surface area (Å²) >= 11 is 0. The fraction of sp³-hybridized carbons (Fsp3) is 0.611. The Bertz CT molecular complexity index is 494. The summed E-state index contributed by atoms with van der Waals surface area (Å²) in [6.07, 6.45) is 4.91. The van der Waals surface area contributed by atoms with Crippen LogP contribution in [0.25, 0.3) is 0 Å². The molecule has 2 rings (SSSR count). The van der Waals surface area contributed by atoms with Crippen LogP contribution in [0.3, 0.4) is 0 Å². The van der Waals surface area contributed by atoms with E-state index < -0.39 is 0 Å². The summed E-state index contributed by atoms with van der Waals surface area (Å²) in [6, 6.07) is 8.62. The molecule has 0 aliphatic heterocycles. The maximum atomic E-state index is 12.0. The minimum absolute atomic E-state index is 0.0711. The van der Waals surface area contributed by atoms with E-state index in [1.807, 2.05) is 18.2 Å². The molecule has 1 amide bonds. The third-order valence-corrected chi connectivity index (χ3v) is 4.64. The smallest absolute Gasteiger partial charge is 0.253 e. The van der Waals surface area contributed by atoms with E-state index in [4.69, 9.17) is 0 Å². The highest BCUT2D eigenvalue weighted by molar-refractivity contribution is 5.94. The van der Waals surface area contributed by atoms with Crippen molar-refractivity contribution in [2.75, 3.05) is 20.6 Å². The number of carbonyl (C=O) groups excluding carboxylic acids is 1. The molecule has 3 heteroatoms. The quantitative estimate of drug-likeness (QED) is 0.903. The summed E-state index contributed by atoms with van der Waals surface area (Å²) in [6.45, 7) is 5.69. The third-order valence-electron chi connectivity index (χ3n) is 4.64. The van der Waals surface area contributed by atoms with Crippen LogP contribution in [-0.2, 0) is 6.42 Å². The molecule has 0 heterocycles. The number of rotatable bonds is 5. The van der Waals surface area contributed by atoms with Crippen LogP contribution in [0.4, 0.5) is 0 Å². The number of benzene rings is 1. The van der Waals surface area contributed by atoms with E-state index in [0.29, 0.717) is 11.5 Å². The van der Waals surface area contributed by atoms with Gasteiger partial charge in [0.05, 0.1) is 0 Å². The van der Waals surface area contributed by atoms with Gasteiger partial charge in [0.25, 0.3) is 5.91 Å². The van der Waals surface area contributed by atoms with Crippen molar-refractivity contribution in [3.8, 4) is 0 Å². The molecule has 1 fully saturated rings. The topological polar surface area (TPSA) is 32.3 Å². The Kier molecular flexibility index (Phi) is 5.04. The van der Waals surface area contributed by atoms with Gasteiger partial charge in [0.1, 0.15) is 0 Å². The van der Waals surface area contributed by atoms with Crippen LogP contribution < -0.4 is 5.32 Å². The molecular formula is C18H28N2O. The second kappa shape index (κ2) is 6.61. The van der Waals surface area contributed by atoms with Crippen LogP contribution in [0.5, 0.6) is 0 Å². The van der Waals surface area contributed by atoms with Gasteiger partial charge in [0.2, 0.25) is 0 Å². The lowest BCUT2D eigenvalue weighted by Crippen LogP contribution is -2.38. The van der Waals surface area contributed by atoms with Crippen molar-refractivity contribution in [3.63, 3.8) is 0 Å². The van der Waals surface area contributed by atoms with E-state index >= 15 is 0 Å². The zero-order valence-electron chi connectivity index (χ0n) is 13.8. The summed E-state index contributed by atoms with van der Waals surface area (Å²) in [7, 11) is 3.58. The Hall–Kier alpha value is -1.35. The Morgan fingerprint density at radius 3 is 2.76 bits per heavy atom. The number of amides is 1. The Balaban J connectivity index is 1.89.